The molecular weight excluding hydrogens is 673 g/mol. The Hall–Kier alpha value is -4.47. The van der Waals surface area contributed by atoms with Gasteiger partial charge >= 0.3 is 6.09 Å². The number of alkyl halides is 1. The van der Waals surface area contributed by atoms with Crippen LogP contribution in [0.2, 0.25) is 0 Å². The number of halogens is 1. The van der Waals surface area contributed by atoms with E-state index in [1.807, 2.05) is 23.8 Å². The molecule has 14 nitrogen and oxygen atoms in total. The molecule has 4 aliphatic rings. The Morgan fingerprint density at radius 1 is 1.16 bits per heavy atom. The van der Waals surface area contributed by atoms with Gasteiger partial charge in [0, 0.05) is 36.8 Å². The normalized spacial score (nSPS) is 31.6. The van der Waals surface area contributed by atoms with Crippen molar-refractivity contribution in [2.24, 2.45) is 17.8 Å². The monoisotopic (exact) mass is 715 g/mol. The number of carbonyl (C=O) groups is 4. The van der Waals surface area contributed by atoms with Crippen LogP contribution in [-0.2, 0) is 24.4 Å². The fraction of sp³-hybridized carbons (Fsp3) is 0.559. The van der Waals surface area contributed by atoms with E-state index in [0.717, 1.165) is 5.39 Å². The number of carboxylic acid groups (broad SMARTS) is 1. The number of carbonyl (C=O) groups excluding carboxylic acids is 3. The summed E-state index contributed by atoms with van der Waals surface area (Å²) in [5.41, 5.74) is -1.70. The van der Waals surface area contributed by atoms with Gasteiger partial charge in [0.1, 0.15) is 29.5 Å². The second-order valence-electron chi connectivity index (χ2n) is 14.0. The molecule has 1 aromatic heterocycles. The molecule has 2 aliphatic heterocycles. The summed E-state index contributed by atoms with van der Waals surface area (Å²) in [5, 5.41) is 13.7. The average Bonchev–Trinajstić information content (AvgIpc) is 3.95. The highest BCUT2D eigenvalue weighted by molar-refractivity contribution is 7.91. The molecular formula is C34H42FN5O9S. The number of allylic oxidation sites excluding steroid dienone is 1. The number of ether oxygens (including phenoxy) is 2. The van der Waals surface area contributed by atoms with Gasteiger partial charge in [0.2, 0.25) is 22.7 Å². The first-order valence-electron chi connectivity index (χ1n) is 16.8. The van der Waals surface area contributed by atoms with Gasteiger partial charge in [-0.05, 0) is 67.2 Å². The zero-order chi connectivity index (χ0) is 36.0. The molecule has 1 saturated heterocycles. The van der Waals surface area contributed by atoms with E-state index in [1.165, 1.54) is 4.90 Å². The second kappa shape index (κ2) is 13.3. The molecule has 0 spiro atoms. The van der Waals surface area contributed by atoms with Gasteiger partial charge in [0.05, 0.1) is 13.7 Å². The number of benzene rings is 1. The topological polar surface area (TPSA) is 193 Å². The minimum atomic E-state index is -4.66. The molecule has 1 aromatic carbocycles. The van der Waals surface area contributed by atoms with Crippen molar-refractivity contribution >= 4 is 44.6 Å². The van der Waals surface area contributed by atoms with Crippen LogP contribution in [-0.4, -0.2) is 89.6 Å². The summed E-state index contributed by atoms with van der Waals surface area (Å²) >= 11 is 0. The third-order valence-corrected chi connectivity index (χ3v) is 12.1. The minimum Gasteiger partial charge on any atom is -0.497 e. The van der Waals surface area contributed by atoms with Crippen molar-refractivity contribution in [2.75, 3.05) is 13.7 Å². The van der Waals surface area contributed by atoms with Crippen LogP contribution < -0.4 is 24.8 Å². The number of nitrogens with zero attached hydrogens (tertiary/aromatic N) is 2. The Kier molecular flexibility index (Phi) is 9.43. The summed E-state index contributed by atoms with van der Waals surface area (Å²) in [4.78, 5) is 59.6. The van der Waals surface area contributed by atoms with Gasteiger partial charge in [0.15, 0.2) is 0 Å². The summed E-state index contributed by atoms with van der Waals surface area (Å²) in [6, 6.07) is 4.70. The van der Waals surface area contributed by atoms with Gasteiger partial charge in [-0.25, -0.2) is 27.3 Å². The van der Waals surface area contributed by atoms with Crippen molar-refractivity contribution < 1.29 is 46.6 Å². The van der Waals surface area contributed by atoms with Gasteiger partial charge in [-0.2, -0.15) is 0 Å². The van der Waals surface area contributed by atoms with E-state index in [1.54, 1.807) is 44.5 Å². The van der Waals surface area contributed by atoms with Crippen molar-refractivity contribution in [3.05, 3.63) is 42.6 Å². The molecule has 2 aromatic rings. The summed E-state index contributed by atoms with van der Waals surface area (Å²) in [6.07, 6.45) is 4.35. The quantitative estimate of drug-likeness (QED) is 0.310. The van der Waals surface area contributed by atoms with Gasteiger partial charge in [-0.15, -0.1) is 0 Å². The molecule has 4 amide bonds. The van der Waals surface area contributed by atoms with Gasteiger partial charge in [0.25, 0.3) is 15.9 Å². The molecule has 3 heterocycles. The van der Waals surface area contributed by atoms with Crippen molar-refractivity contribution in [2.45, 2.75) is 87.5 Å². The number of sulfonamides is 1. The van der Waals surface area contributed by atoms with Crippen molar-refractivity contribution in [3.63, 3.8) is 0 Å². The van der Waals surface area contributed by atoms with Crippen LogP contribution in [0.3, 0.4) is 0 Å². The van der Waals surface area contributed by atoms with E-state index in [0.29, 0.717) is 30.4 Å². The lowest BCUT2D eigenvalue weighted by molar-refractivity contribution is -0.142. The zero-order valence-corrected chi connectivity index (χ0v) is 28.9. The lowest BCUT2D eigenvalue weighted by Gasteiger charge is -2.32. The highest BCUT2D eigenvalue weighted by Crippen LogP contribution is 2.48. The van der Waals surface area contributed by atoms with E-state index in [2.05, 4.69) is 15.6 Å². The van der Waals surface area contributed by atoms with E-state index >= 15 is 0 Å². The lowest BCUT2D eigenvalue weighted by atomic mass is 9.88. The number of nitrogens with one attached hydrogen (secondary N) is 3. The molecule has 2 aliphatic carbocycles. The number of aromatic nitrogens is 1. The smallest absolute Gasteiger partial charge is 0.405 e. The molecule has 7 atom stereocenters. The largest absolute Gasteiger partial charge is 0.497 e. The van der Waals surface area contributed by atoms with Crippen molar-refractivity contribution in [1.82, 2.24) is 25.2 Å². The average molecular weight is 716 g/mol. The number of methoxy groups -OCH3 is 1. The number of pyridine rings is 1. The minimum absolute atomic E-state index is 0.0412. The predicted molar refractivity (Wildman–Crippen MR) is 178 cm³/mol. The van der Waals surface area contributed by atoms with Crippen LogP contribution >= 0.6 is 0 Å². The molecule has 3 fully saturated rings. The Balaban J connectivity index is 1.33. The summed E-state index contributed by atoms with van der Waals surface area (Å²) in [6.45, 7) is 3.67. The molecule has 6 rings (SSSR count). The third kappa shape index (κ3) is 6.94. The van der Waals surface area contributed by atoms with Crippen LogP contribution in [0.15, 0.2) is 42.6 Å². The van der Waals surface area contributed by atoms with Crippen LogP contribution in [0.1, 0.15) is 58.8 Å². The molecule has 0 bridgehead atoms. The van der Waals surface area contributed by atoms with Crippen molar-refractivity contribution in [1.29, 1.82) is 0 Å². The maximum absolute atomic E-state index is 14.7. The Morgan fingerprint density at radius 2 is 1.92 bits per heavy atom. The summed E-state index contributed by atoms with van der Waals surface area (Å²) in [5.74, 6) is -2.50. The first-order valence-corrected chi connectivity index (χ1v) is 18.3. The molecule has 270 valence electrons. The summed E-state index contributed by atoms with van der Waals surface area (Å²) in [7, 11) is -3.11. The fourth-order valence-electron chi connectivity index (χ4n) is 7.13. The number of fused-ring (bicyclic) bond motifs is 3. The standard InChI is InChI=1S/C34H42FN5O9S/c1-19-6-4-5-7-22-17-34(22,31(43)39-50(46,47)33(35)11-12-33)38-28(41)26-16-24(18-40(26)30(42)27(20(2)14-19)37-32(44)45)49-29-25-9-8-23(48-3)15-21(25)10-13-36-29/h5,7-10,13,15,19-20,22,24,26-27,37H,4,6,11-12,14,16-18H2,1-3H3,(H,38,41)(H,39,43)(H,44,45)/b7-5-/t19-,20+,22+,24+,26-,27-,34+/m0/s1. The molecule has 50 heavy (non-hydrogen) atoms. The van der Waals surface area contributed by atoms with Crippen molar-refractivity contribution in [3.8, 4) is 11.6 Å². The highest BCUT2D eigenvalue weighted by Gasteiger charge is 2.64. The second-order valence-corrected chi connectivity index (χ2v) is 16.0. The number of rotatable bonds is 7. The number of hydrogen-bond donors (Lipinski definition) is 4. The van der Waals surface area contributed by atoms with E-state index in [4.69, 9.17) is 9.47 Å². The lowest BCUT2D eigenvalue weighted by Crippen LogP contribution is -2.59. The first kappa shape index (κ1) is 35.4. The zero-order valence-electron chi connectivity index (χ0n) is 28.1. The van der Waals surface area contributed by atoms with E-state index in [9.17, 15) is 37.1 Å². The Morgan fingerprint density at radius 3 is 2.62 bits per heavy atom. The number of amides is 4. The SMILES string of the molecule is COc1ccc2c(O[C@@H]3C[C@H]4C(=O)N[C@]5(C(=O)NS(=O)(=O)C6(F)CC6)C[C@H]5/C=C\CC[C@H](C)C[C@@H](C)[C@H](NC(=O)O)C(=O)N4C3)nccc2c1. The van der Waals surface area contributed by atoms with Crippen LogP contribution in [0.5, 0.6) is 11.6 Å². The maximum Gasteiger partial charge on any atom is 0.405 e. The van der Waals surface area contributed by atoms with Crippen LogP contribution in [0.4, 0.5) is 9.18 Å². The molecule has 4 N–H and O–H groups in total. The van der Waals surface area contributed by atoms with Crippen LogP contribution in [0, 0.1) is 17.8 Å². The summed E-state index contributed by atoms with van der Waals surface area (Å²) < 4.78 is 53.5. The number of hydrogen-bond acceptors (Lipinski definition) is 9. The maximum atomic E-state index is 14.7. The molecule has 0 unspecified atom stereocenters. The van der Waals surface area contributed by atoms with Gasteiger partial charge in [-0.3, -0.25) is 14.4 Å². The van der Waals surface area contributed by atoms with Gasteiger partial charge in [-0.1, -0.05) is 26.0 Å². The molecule has 0 radical (unpaired) electrons. The first-order chi connectivity index (χ1) is 23.7. The molecule has 2 saturated carbocycles. The Bertz CT molecular complexity index is 1840. The predicted octanol–water partition coefficient (Wildman–Crippen LogP) is 3.02. The highest BCUT2D eigenvalue weighted by atomic mass is 32.2. The van der Waals surface area contributed by atoms with E-state index in [-0.39, 0.29) is 44.0 Å². The van der Waals surface area contributed by atoms with Crippen LogP contribution in [0.25, 0.3) is 10.8 Å². The molecule has 16 heteroatoms. The Labute approximate surface area is 289 Å². The van der Waals surface area contributed by atoms with E-state index < -0.39 is 74.4 Å². The third-order valence-electron chi connectivity index (χ3n) is 10.3. The van der Waals surface area contributed by atoms with Gasteiger partial charge < -0.3 is 30.1 Å². The fourth-order valence-corrected chi connectivity index (χ4v) is 8.38.